The molecule has 0 saturated carbocycles. The molecule has 1 fully saturated rings. The SMILES string of the molecule is CC(C)(C)CC(CC(=O)O)n1nnnc1C1(C)CCCO1. The van der Waals surface area contributed by atoms with Gasteiger partial charge in [-0.1, -0.05) is 20.8 Å². The maximum atomic E-state index is 11.2. The molecule has 1 aliphatic rings. The Morgan fingerprint density at radius 1 is 1.52 bits per heavy atom. The van der Waals surface area contributed by atoms with Crippen LogP contribution in [0.4, 0.5) is 0 Å². The molecule has 118 valence electrons. The van der Waals surface area contributed by atoms with Crippen LogP contribution in [0.5, 0.6) is 0 Å². The van der Waals surface area contributed by atoms with E-state index in [9.17, 15) is 9.90 Å². The molecular weight excluding hydrogens is 272 g/mol. The Labute approximate surface area is 124 Å². The van der Waals surface area contributed by atoms with Crippen molar-refractivity contribution in [1.29, 1.82) is 0 Å². The summed E-state index contributed by atoms with van der Waals surface area (Å²) in [6, 6.07) is -0.270. The van der Waals surface area contributed by atoms with E-state index in [1.807, 2.05) is 6.92 Å². The number of tetrazole rings is 1. The molecule has 1 aromatic heterocycles. The number of carbonyl (C=O) groups is 1. The number of hydrogen-bond acceptors (Lipinski definition) is 5. The van der Waals surface area contributed by atoms with Crippen LogP contribution in [-0.4, -0.2) is 37.9 Å². The van der Waals surface area contributed by atoms with Crippen molar-refractivity contribution in [3.05, 3.63) is 5.82 Å². The first-order valence-electron chi connectivity index (χ1n) is 7.35. The fraction of sp³-hybridized carbons (Fsp3) is 0.857. The molecule has 0 aromatic carbocycles. The Bertz CT molecular complexity index is 501. The predicted octanol–water partition coefficient (Wildman–Crippen LogP) is 2.15. The molecule has 0 radical (unpaired) electrons. The van der Waals surface area contributed by atoms with E-state index >= 15 is 0 Å². The Morgan fingerprint density at radius 2 is 2.24 bits per heavy atom. The van der Waals surface area contributed by atoms with Gasteiger partial charge in [-0.25, -0.2) is 4.68 Å². The van der Waals surface area contributed by atoms with Crippen molar-refractivity contribution < 1.29 is 14.6 Å². The van der Waals surface area contributed by atoms with Crippen molar-refractivity contribution in [2.45, 2.75) is 65.0 Å². The minimum atomic E-state index is -0.844. The average molecular weight is 296 g/mol. The number of carboxylic acid groups (broad SMARTS) is 1. The summed E-state index contributed by atoms with van der Waals surface area (Å²) in [5.74, 6) is -0.210. The van der Waals surface area contributed by atoms with Crippen LogP contribution in [0.2, 0.25) is 0 Å². The van der Waals surface area contributed by atoms with Crippen molar-refractivity contribution in [2.24, 2.45) is 5.41 Å². The molecule has 2 unspecified atom stereocenters. The molecule has 21 heavy (non-hydrogen) atoms. The summed E-state index contributed by atoms with van der Waals surface area (Å²) < 4.78 is 7.46. The van der Waals surface area contributed by atoms with E-state index < -0.39 is 11.6 Å². The minimum absolute atomic E-state index is 0.00535. The summed E-state index contributed by atoms with van der Waals surface area (Å²) in [7, 11) is 0. The summed E-state index contributed by atoms with van der Waals surface area (Å²) in [4.78, 5) is 11.2. The lowest BCUT2D eigenvalue weighted by Crippen LogP contribution is -2.30. The van der Waals surface area contributed by atoms with Gasteiger partial charge < -0.3 is 9.84 Å². The Kier molecular flexibility index (Phi) is 4.32. The van der Waals surface area contributed by atoms with Crippen molar-refractivity contribution in [1.82, 2.24) is 20.2 Å². The molecule has 0 aliphatic carbocycles. The highest BCUT2D eigenvalue weighted by Gasteiger charge is 2.39. The Hall–Kier alpha value is -1.50. The molecule has 1 N–H and O–H groups in total. The first-order valence-corrected chi connectivity index (χ1v) is 7.35. The first kappa shape index (κ1) is 15.9. The summed E-state index contributed by atoms with van der Waals surface area (Å²) in [5.41, 5.74) is -0.529. The number of rotatable bonds is 5. The van der Waals surface area contributed by atoms with Gasteiger partial charge in [-0.15, -0.1) is 5.10 Å². The number of nitrogens with zero attached hydrogens (tertiary/aromatic N) is 4. The summed E-state index contributed by atoms with van der Waals surface area (Å²) in [6.07, 6.45) is 2.51. The van der Waals surface area contributed by atoms with E-state index in [2.05, 4.69) is 36.3 Å². The molecule has 7 heteroatoms. The average Bonchev–Trinajstić information content (AvgIpc) is 2.94. The maximum absolute atomic E-state index is 11.2. The molecule has 1 aromatic rings. The van der Waals surface area contributed by atoms with Gasteiger partial charge in [0.2, 0.25) is 0 Å². The van der Waals surface area contributed by atoms with Crippen LogP contribution >= 0.6 is 0 Å². The van der Waals surface area contributed by atoms with Crippen LogP contribution in [-0.2, 0) is 15.1 Å². The van der Waals surface area contributed by atoms with Gasteiger partial charge in [0.25, 0.3) is 0 Å². The third-order valence-corrected chi connectivity index (χ3v) is 3.79. The van der Waals surface area contributed by atoms with Crippen LogP contribution in [0.15, 0.2) is 0 Å². The number of hydrogen-bond donors (Lipinski definition) is 1. The van der Waals surface area contributed by atoms with E-state index in [1.54, 1.807) is 4.68 Å². The molecule has 2 rings (SSSR count). The van der Waals surface area contributed by atoms with Gasteiger partial charge in [0.05, 0.1) is 12.5 Å². The van der Waals surface area contributed by atoms with Crippen LogP contribution < -0.4 is 0 Å². The third kappa shape index (κ3) is 3.78. The standard InChI is InChI=1S/C14H24N4O3/c1-13(2,3)9-10(8-11(19)20)18-12(15-16-17-18)14(4)6-5-7-21-14/h10H,5-9H2,1-4H3,(H,19,20). The Balaban J connectivity index is 2.32. The molecule has 2 atom stereocenters. The number of aromatic nitrogens is 4. The van der Waals surface area contributed by atoms with E-state index in [4.69, 9.17) is 4.74 Å². The zero-order valence-corrected chi connectivity index (χ0v) is 13.2. The highest BCUT2D eigenvalue weighted by molar-refractivity contribution is 5.67. The second-order valence-electron chi connectivity index (χ2n) is 7.15. The monoisotopic (exact) mass is 296 g/mol. The lowest BCUT2D eigenvalue weighted by molar-refractivity contribution is -0.138. The quantitative estimate of drug-likeness (QED) is 0.895. The van der Waals surface area contributed by atoms with Crippen molar-refractivity contribution in [3.63, 3.8) is 0 Å². The molecule has 2 heterocycles. The zero-order valence-electron chi connectivity index (χ0n) is 13.2. The largest absolute Gasteiger partial charge is 0.481 e. The van der Waals surface area contributed by atoms with E-state index in [0.29, 0.717) is 18.9 Å². The van der Waals surface area contributed by atoms with Gasteiger partial charge in [-0.3, -0.25) is 4.79 Å². The van der Waals surface area contributed by atoms with Crippen molar-refractivity contribution in [3.8, 4) is 0 Å². The third-order valence-electron chi connectivity index (χ3n) is 3.79. The molecule has 0 amide bonds. The minimum Gasteiger partial charge on any atom is -0.481 e. The number of aliphatic carboxylic acids is 1. The van der Waals surface area contributed by atoms with Gasteiger partial charge in [-0.2, -0.15) is 0 Å². The highest BCUT2D eigenvalue weighted by atomic mass is 16.5. The summed E-state index contributed by atoms with van der Waals surface area (Å²) >= 11 is 0. The van der Waals surface area contributed by atoms with E-state index in [1.165, 1.54) is 0 Å². The van der Waals surface area contributed by atoms with E-state index in [-0.39, 0.29) is 17.9 Å². The second-order valence-corrected chi connectivity index (χ2v) is 7.15. The van der Waals surface area contributed by atoms with Gasteiger partial charge in [0.1, 0.15) is 5.60 Å². The summed E-state index contributed by atoms with van der Waals surface area (Å²) in [5, 5.41) is 21.1. The fourth-order valence-corrected chi connectivity index (χ4v) is 2.90. The number of ether oxygens (including phenoxy) is 1. The lowest BCUT2D eigenvalue weighted by Gasteiger charge is -2.28. The maximum Gasteiger partial charge on any atom is 0.305 e. The van der Waals surface area contributed by atoms with Gasteiger partial charge in [-0.05, 0) is 42.0 Å². The normalized spacial score (nSPS) is 24.2. The first-order chi connectivity index (χ1) is 9.71. The lowest BCUT2D eigenvalue weighted by atomic mass is 9.86. The molecule has 0 spiro atoms. The highest BCUT2D eigenvalue weighted by Crippen LogP contribution is 2.37. The van der Waals surface area contributed by atoms with Crippen molar-refractivity contribution in [2.75, 3.05) is 6.61 Å². The smallest absolute Gasteiger partial charge is 0.305 e. The topological polar surface area (TPSA) is 90.1 Å². The number of carboxylic acids is 1. The summed E-state index contributed by atoms with van der Waals surface area (Å²) in [6.45, 7) is 8.91. The van der Waals surface area contributed by atoms with Crippen LogP contribution in [0, 0.1) is 5.41 Å². The van der Waals surface area contributed by atoms with Gasteiger partial charge in [0.15, 0.2) is 5.82 Å². The van der Waals surface area contributed by atoms with Gasteiger partial charge >= 0.3 is 5.97 Å². The Morgan fingerprint density at radius 3 is 2.76 bits per heavy atom. The van der Waals surface area contributed by atoms with Crippen LogP contribution in [0.1, 0.15) is 65.2 Å². The fourth-order valence-electron chi connectivity index (χ4n) is 2.90. The van der Waals surface area contributed by atoms with Crippen LogP contribution in [0.3, 0.4) is 0 Å². The zero-order chi connectivity index (χ0) is 15.7. The molecule has 1 aliphatic heterocycles. The van der Waals surface area contributed by atoms with E-state index in [0.717, 1.165) is 12.8 Å². The van der Waals surface area contributed by atoms with Gasteiger partial charge in [0, 0.05) is 6.61 Å². The van der Waals surface area contributed by atoms with Crippen LogP contribution in [0.25, 0.3) is 0 Å². The molecule has 7 nitrogen and oxygen atoms in total. The molecule has 0 bridgehead atoms. The van der Waals surface area contributed by atoms with Crippen molar-refractivity contribution >= 4 is 5.97 Å². The second kappa shape index (κ2) is 5.71. The predicted molar refractivity (Wildman–Crippen MR) is 75.7 cm³/mol. The molecular formula is C14H24N4O3. The molecule has 1 saturated heterocycles.